The van der Waals surface area contributed by atoms with Crippen molar-refractivity contribution in [1.29, 1.82) is 5.26 Å². The van der Waals surface area contributed by atoms with Crippen LogP contribution < -0.4 is 10.6 Å². The molecular formula is C18H14N6O. The number of anilines is 2. The zero-order valence-corrected chi connectivity index (χ0v) is 13.2. The summed E-state index contributed by atoms with van der Waals surface area (Å²) in [6.07, 6.45) is 6.23. The number of hydrogen-bond acceptors (Lipinski definition) is 6. The molecule has 7 nitrogen and oxygen atoms in total. The zero-order chi connectivity index (χ0) is 17.5. The third-order valence-electron chi connectivity index (χ3n) is 3.42. The van der Waals surface area contributed by atoms with E-state index < -0.39 is 0 Å². The third kappa shape index (κ3) is 4.14. The first-order valence-corrected chi connectivity index (χ1v) is 7.51. The van der Waals surface area contributed by atoms with Crippen LogP contribution in [0, 0.1) is 11.3 Å². The first kappa shape index (κ1) is 16.1. The lowest BCUT2D eigenvalue weighted by Crippen LogP contribution is -2.12. The molecule has 0 aliphatic rings. The molecule has 0 unspecified atom stereocenters. The van der Waals surface area contributed by atoms with Gasteiger partial charge >= 0.3 is 0 Å². The Hall–Kier alpha value is -3.79. The van der Waals surface area contributed by atoms with E-state index in [4.69, 9.17) is 5.26 Å². The maximum absolute atomic E-state index is 12.2. The summed E-state index contributed by atoms with van der Waals surface area (Å²) in [5.41, 5.74) is 2.45. The molecule has 122 valence electrons. The smallest absolute Gasteiger partial charge is 0.255 e. The molecule has 0 fully saturated rings. The molecule has 0 bridgehead atoms. The molecule has 1 aromatic carbocycles. The predicted molar refractivity (Wildman–Crippen MR) is 92.7 cm³/mol. The first-order chi connectivity index (χ1) is 12.3. The predicted octanol–water partition coefficient (Wildman–Crippen LogP) is 2.61. The van der Waals surface area contributed by atoms with Crippen LogP contribution in [-0.4, -0.2) is 20.9 Å². The highest BCUT2D eigenvalue weighted by Gasteiger charge is 2.07. The summed E-state index contributed by atoms with van der Waals surface area (Å²) < 4.78 is 0. The van der Waals surface area contributed by atoms with Crippen molar-refractivity contribution in [3.8, 4) is 6.07 Å². The van der Waals surface area contributed by atoms with Gasteiger partial charge < -0.3 is 10.6 Å². The topological polar surface area (TPSA) is 104 Å². The molecule has 0 saturated carbocycles. The van der Waals surface area contributed by atoms with Crippen molar-refractivity contribution in [2.45, 2.75) is 6.54 Å². The van der Waals surface area contributed by atoms with Crippen LogP contribution in [0.5, 0.6) is 0 Å². The number of aromatic nitrogens is 3. The van der Waals surface area contributed by atoms with Crippen molar-refractivity contribution in [2.75, 3.05) is 10.6 Å². The third-order valence-corrected chi connectivity index (χ3v) is 3.42. The molecule has 2 N–H and O–H groups in total. The van der Waals surface area contributed by atoms with Crippen LogP contribution in [0.3, 0.4) is 0 Å². The molecule has 0 aliphatic heterocycles. The van der Waals surface area contributed by atoms with Crippen molar-refractivity contribution in [3.63, 3.8) is 0 Å². The summed E-state index contributed by atoms with van der Waals surface area (Å²) in [5.74, 6) is 0.246. The highest BCUT2D eigenvalue weighted by atomic mass is 16.1. The van der Waals surface area contributed by atoms with Gasteiger partial charge in [0.05, 0.1) is 0 Å². The molecule has 1 amide bonds. The highest BCUT2D eigenvalue weighted by Crippen LogP contribution is 2.12. The number of pyridine rings is 1. The van der Waals surface area contributed by atoms with Gasteiger partial charge in [0.25, 0.3) is 5.91 Å². The van der Waals surface area contributed by atoms with Crippen LogP contribution in [-0.2, 0) is 6.54 Å². The van der Waals surface area contributed by atoms with Crippen molar-refractivity contribution in [3.05, 3.63) is 78.0 Å². The minimum absolute atomic E-state index is 0.189. The second-order valence-corrected chi connectivity index (χ2v) is 5.11. The molecular weight excluding hydrogens is 316 g/mol. The van der Waals surface area contributed by atoms with Crippen molar-refractivity contribution < 1.29 is 4.79 Å². The van der Waals surface area contributed by atoms with Crippen LogP contribution in [0.1, 0.15) is 21.6 Å². The number of nitrogens with zero attached hydrogens (tertiary/aromatic N) is 4. The van der Waals surface area contributed by atoms with Gasteiger partial charge in [-0.2, -0.15) is 5.26 Å². The minimum atomic E-state index is -0.189. The van der Waals surface area contributed by atoms with Crippen LogP contribution in [0.4, 0.5) is 11.5 Å². The molecule has 0 saturated heterocycles. The largest absolute Gasteiger partial charge is 0.364 e. The Morgan fingerprint density at radius 1 is 1.00 bits per heavy atom. The summed E-state index contributed by atoms with van der Waals surface area (Å²) >= 11 is 0. The van der Waals surface area contributed by atoms with Gasteiger partial charge in [-0.1, -0.05) is 12.1 Å². The number of carbonyl (C=O) groups excluding carboxylic acids is 1. The van der Waals surface area contributed by atoms with Crippen molar-refractivity contribution >= 4 is 17.4 Å². The Bertz CT molecular complexity index is 903. The molecule has 0 spiro atoms. The Labute approximate surface area is 144 Å². The fourth-order valence-corrected chi connectivity index (χ4v) is 2.15. The quantitative estimate of drug-likeness (QED) is 0.745. The maximum atomic E-state index is 12.2. The number of amides is 1. The van der Waals surface area contributed by atoms with Gasteiger partial charge in [0.2, 0.25) is 0 Å². The van der Waals surface area contributed by atoms with E-state index in [1.54, 1.807) is 36.7 Å². The van der Waals surface area contributed by atoms with E-state index in [0.29, 0.717) is 23.6 Å². The molecule has 3 aromatic rings. The van der Waals surface area contributed by atoms with Crippen LogP contribution >= 0.6 is 0 Å². The Morgan fingerprint density at radius 3 is 2.44 bits per heavy atom. The van der Waals surface area contributed by atoms with Gasteiger partial charge in [-0.15, -0.1) is 0 Å². The molecule has 2 heterocycles. The fraction of sp³-hybridized carbons (Fsp3) is 0.0556. The molecule has 7 heteroatoms. The van der Waals surface area contributed by atoms with Gasteiger partial charge in [0.15, 0.2) is 11.5 Å². The number of rotatable bonds is 5. The van der Waals surface area contributed by atoms with Gasteiger partial charge in [0.1, 0.15) is 6.07 Å². The van der Waals surface area contributed by atoms with E-state index in [-0.39, 0.29) is 11.6 Å². The molecule has 25 heavy (non-hydrogen) atoms. The standard InChI is InChI=1S/C18H14N6O/c19-11-16-17(22-10-9-21-16)23-12-13-1-3-14(4-2-13)18(25)24-15-5-7-20-8-6-15/h1-10H,12H2,(H,22,23)(H,20,24,25). The van der Waals surface area contributed by atoms with Gasteiger partial charge in [-0.25, -0.2) is 9.97 Å². The Morgan fingerprint density at radius 2 is 1.72 bits per heavy atom. The summed E-state index contributed by atoms with van der Waals surface area (Å²) in [4.78, 5) is 24.1. The number of nitriles is 1. The van der Waals surface area contributed by atoms with E-state index in [1.165, 1.54) is 12.4 Å². The second kappa shape index (κ2) is 7.66. The highest BCUT2D eigenvalue weighted by molar-refractivity contribution is 6.04. The first-order valence-electron chi connectivity index (χ1n) is 7.51. The Kier molecular flexibility index (Phi) is 4.93. The minimum Gasteiger partial charge on any atom is -0.364 e. The number of benzene rings is 1. The van der Waals surface area contributed by atoms with E-state index >= 15 is 0 Å². The van der Waals surface area contributed by atoms with Crippen LogP contribution in [0.2, 0.25) is 0 Å². The van der Waals surface area contributed by atoms with Gasteiger partial charge in [-0.3, -0.25) is 9.78 Å². The molecule has 0 aliphatic carbocycles. The summed E-state index contributed by atoms with van der Waals surface area (Å²) in [6.45, 7) is 0.472. The number of nitrogens with one attached hydrogen (secondary N) is 2. The second-order valence-electron chi connectivity index (χ2n) is 5.11. The summed E-state index contributed by atoms with van der Waals surface area (Å²) in [5, 5.41) is 14.9. The van der Waals surface area contributed by atoms with E-state index in [2.05, 4.69) is 25.6 Å². The Balaban J connectivity index is 1.62. The maximum Gasteiger partial charge on any atom is 0.255 e. The molecule has 0 radical (unpaired) electrons. The summed E-state index contributed by atoms with van der Waals surface area (Å²) in [6, 6.07) is 12.6. The van der Waals surface area contributed by atoms with Gasteiger partial charge in [-0.05, 0) is 29.8 Å². The lowest BCUT2D eigenvalue weighted by atomic mass is 10.1. The summed E-state index contributed by atoms with van der Waals surface area (Å²) in [7, 11) is 0. The molecule has 3 rings (SSSR count). The van der Waals surface area contributed by atoms with E-state index in [9.17, 15) is 4.79 Å². The van der Waals surface area contributed by atoms with E-state index in [1.807, 2.05) is 18.2 Å². The molecule has 0 atom stereocenters. The average Bonchev–Trinajstić information content (AvgIpc) is 2.67. The number of hydrogen-bond donors (Lipinski definition) is 2. The monoisotopic (exact) mass is 330 g/mol. The zero-order valence-electron chi connectivity index (χ0n) is 13.2. The van der Waals surface area contributed by atoms with Crippen LogP contribution in [0.25, 0.3) is 0 Å². The van der Waals surface area contributed by atoms with Gasteiger partial charge in [0, 0.05) is 42.6 Å². The lowest BCUT2D eigenvalue weighted by Gasteiger charge is -2.08. The molecule has 2 aromatic heterocycles. The SMILES string of the molecule is N#Cc1nccnc1NCc1ccc(C(=O)Nc2ccncc2)cc1. The van der Waals surface area contributed by atoms with E-state index in [0.717, 1.165) is 5.56 Å². The lowest BCUT2D eigenvalue weighted by molar-refractivity contribution is 0.102. The number of carbonyl (C=O) groups is 1. The van der Waals surface area contributed by atoms with Crippen molar-refractivity contribution in [2.24, 2.45) is 0 Å². The average molecular weight is 330 g/mol. The van der Waals surface area contributed by atoms with Crippen molar-refractivity contribution in [1.82, 2.24) is 15.0 Å². The normalized spacial score (nSPS) is 9.88. The fourth-order valence-electron chi connectivity index (χ4n) is 2.15. The van der Waals surface area contributed by atoms with Crippen LogP contribution in [0.15, 0.2) is 61.2 Å².